The fourth-order valence-corrected chi connectivity index (χ4v) is 4.14. The first kappa shape index (κ1) is 15.1. The maximum Gasteiger partial charge on any atom is 0.245 e. The molecule has 7 heteroatoms. The van der Waals surface area contributed by atoms with Crippen LogP contribution in [0.3, 0.4) is 0 Å². The number of amides is 1. The molecule has 3 heterocycles. The Morgan fingerprint density at radius 2 is 1.59 bits per heavy atom. The first-order chi connectivity index (χ1) is 13.1. The number of hydrogen-bond acceptors (Lipinski definition) is 6. The molecule has 5 rings (SSSR count). The van der Waals surface area contributed by atoms with Crippen LogP contribution in [0.2, 0.25) is 0 Å². The molecule has 0 fully saturated rings. The second kappa shape index (κ2) is 4.90. The lowest BCUT2D eigenvalue weighted by atomic mass is 9.68. The summed E-state index contributed by atoms with van der Waals surface area (Å²) >= 11 is 0. The quantitative estimate of drug-likeness (QED) is 0.669. The maximum atomic E-state index is 13.2. The molecule has 3 aliphatic rings. The molecule has 0 unspecified atom stereocenters. The molecule has 7 nitrogen and oxygen atoms in total. The summed E-state index contributed by atoms with van der Waals surface area (Å²) in [4.78, 5) is 14.8. The van der Waals surface area contributed by atoms with Crippen molar-refractivity contribution in [1.29, 1.82) is 10.5 Å². The summed E-state index contributed by atoms with van der Waals surface area (Å²) in [5.74, 6) is 0.0857. The molecule has 0 saturated heterocycles. The number of benzene rings is 2. The Bertz CT molecular complexity index is 1200. The van der Waals surface area contributed by atoms with Crippen molar-refractivity contribution in [2.75, 3.05) is 15.5 Å². The van der Waals surface area contributed by atoms with Crippen molar-refractivity contribution in [3.8, 4) is 12.1 Å². The minimum atomic E-state index is -1.56. The van der Waals surface area contributed by atoms with Crippen LogP contribution in [-0.2, 0) is 10.2 Å². The van der Waals surface area contributed by atoms with Crippen LogP contribution in [0.1, 0.15) is 5.56 Å². The smallest absolute Gasteiger partial charge is 0.245 e. The van der Waals surface area contributed by atoms with Crippen LogP contribution in [0.5, 0.6) is 0 Å². The lowest BCUT2D eigenvalue weighted by Crippen LogP contribution is -2.47. The third-order valence-electron chi connectivity index (χ3n) is 5.25. The van der Waals surface area contributed by atoms with Crippen LogP contribution < -0.4 is 21.3 Å². The van der Waals surface area contributed by atoms with Gasteiger partial charge in [-0.2, -0.15) is 10.5 Å². The number of nitrogens with zero attached hydrogens (tertiary/aromatic N) is 3. The van der Waals surface area contributed by atoms with Gasteiger partial charge in [-0.05, 0) is 18.2 Å². The normalized spacial score (nSPS) is 21.9. The summed E-state index contributed by atoms with van der Waals surface area (Å²) in [6, 6.07) is 18.7. The van der Waals surface area contributed by atoms with Gasteiger partial charge in [-0.3, -0.25) is 9.69 Å². The summed E-state index contributed by atoms with van der Waals surface area (Å²) in [5, 5.41) is 26.0. The molecule has 0 aromatic heterocycles. The molecule has 3 aliphatic heterocycles. The molecule has 27 heavy (non-hydrogen) atoms. The van der Waals surface area contributed by atoms with E-state index < -0.39 is 11.3 Å². The lowest BCUT2D eigenvalue weighted by Gasteiger charge is -2.36. The van der Waals surface area contributed by atoms with Crippen LogP contribution in [0, 0.1) is 22.7 Å². The highest BCUT2D eigenvalue weighted by Gasteiger charge is 2.59. The number of nitrogens with one attached hydrogen (secondary N) is 2. The summed E-state index contributed by atoms with van der Waals surface area (Å²) in [5.41, 5.74) is 7.63. The minimum absolute atomic E-state index is 0.0451. The second-order valence-corrected chi connectivity index (χ2v) is 6.43. The number of nitriles is 2. The summed E-state index contributed by atoms with van der Waals surface area (Å²) in [6.45, 7) is 0. The monoisotopic (exact) mass is 352 g/mol. The zero-order chi connectivity index (χ0) is 18.8. The molecule has 128 valence electrons. The summed E-state index contributed by atoms with van der Waals surface area (Å²) in [7, 11) is 0. The van der Waals surface area contributed by atoms with Gasteiger partial charge in [0.25, 0.3) is 0 Å². The third kappa shape index (κ3) is 1.56. The van der Waals surface area contributed by atoms with E-state index >= 15 is 0 Å². The van der Waals surface area contributed by atoms with E-state index in [4.69, 9.17) is 5.73 Å². The predicted molar refractivity (Wildman–Crippen MR) is 98.8 cm³/mol. The molecule has 0 bridgehead atoms. The van der Waals surface area contributed by atoms with Crippen LogP contribution in [0.25, 0.3) is 0 Å². The molecule has 1 spiro atoms. The number of carbonyl (C=O) groups is 1. The van der Waals surface area contributed by atoms with Crippen molar-refractivity contribution in [3.63, 3.8) is 0 Å². The molecular formula is C20H12N6O. The van der Waals surface area contributed by atoms with Gasteiger partial charge < -0.3 is 16.4 Å². The highest BCUT2D eigenvalue weighted by molar-refractivity contribution is 6.13. The topological polar surface area (TPSA) is 118 Å². The Labute approximate surface area is 154 Å². The Kier molecular flexibility index (Phi) is 2.73. The molecule has 2 aromatic carbocycles. The number of rotatable bonds is 0. The van der Waals surface area contributed by atoms with Crippen LogP contribution in [0.4, 0.5) is 17.1 Å². The fraction of sp³-hybridized carbons (Fsp3) is 0.0500. The Morgan fingerprint density at radius 1 is 0.926 bits per heavy atom. The number of anilines is 3. The largest absolute Gasteiger partial charge is 0.384 e. The Morgan fingerprint density at radius 3 is 2.33 bits per heavy atom. The second-order valence-electron chi connectivity index (χ2n) is 6.43. The number of para-hydroxylation sites is 3. The van der Waals surface area contributed by atoms with E-state index in [2.05, 4.69) is 22.8 Å². The van der Waals surface area contributed by atoms with E-state index in [0.29, 0.717) is 17.1 Å². The molecule has 1 amide bonds. The molecule has 0 aliphatic carbocycles. The van der Waals surface area contributed by atoms with Gasteiger partial charge in [0.1, 0.15) is 23.8 Å². The molecular weight excluding hydrogens is 340 g/mol. The van der Waals surface area contributed by atoms with E-state index in [9.17, 15) is 15.3 Å². The highest BCUT2D eigenvalue weighted by atomic mass is 16.2. The molecule has 2 aromatic rings. The summed E-state index contributed by atoms with van der Waals surface area (Å²) in [6.07, 6.45) is 0. The zero-order valence-corrected chi connectivity index (χ0v) is 13.9. The van der Waals surface area contributed by atoms with E-state index in [1.54, 1.807) is 29.2 Å². The van der Waals surface area contributed by atoms with Gasteiger partial charge in [-0.1, -0.05) is 30.3 Å². The number of nitrogens with two attached hydrogens (primary N) is 1. The molecule has 0 saturated carbocycles. The highest BCUT2D eigenvalue weighted by Crippen LogP contribution is 2.54. The van der Waals surface area contributed by atoms with Crippen LogP contribution in [-0.4, -0.2) is 5.91 Å². The van der Waals surface area contributed by atoms with Crippen molar-refractivity contribution in [3.05, 3.63) is 76.9 Å². The average Bonchev–Trinajstić information content (AvgIpc) is 3.20. The van der Waals surface area contributed by atoms with Gasteiger partial charge >= 0.3 is 0 Å². The van der Waals surface area contributed by atoms with Crippen molar-refractivity contribution in [2.45, 2.75) is 5.41 Å². The van der Waals surface area contributed by atoms with Crippen molar-refractivity contribution >= 4 is 23.0 Å². The molecule has 1 atom stereocenters. The zero-order valence-electron chi connectivity index (χ0n) is 13.9. The third-order valence-corrected chi connectivity index (χ3v) is 5.25. The van der Waals surface area contributed by atoms with E-state index in [-0.39, 0.29) is 17.0 Å². The van der Waals surface area contributed by atoms with Crippen molar-refractivity contribution in [1.82, 2.24) is 0 Å². The first-order valence-electron chi connectivity index (χ1n) is 8.27. The van der Waals surface area contributed by atoms with Gasteiger partial charge in [0, 0.05) is 11.3 Å². The predicted octanol–water partition coefficient (Wildman–Crippen LogP) is 2.25. The maximum absolute atomic E-state index is 13.2. The van der Waals surface area contributed by atoms with E-state index in [0.717, 1.165) is 11.4 Å². The Balaban J connectivity index is 1.91. The van der Waals surface area contributed by atoms with Crippen molar-refractivity contribution < 1.29 is 4.79 Å². The van der Waals surface area contributed by atoms with Gasteiger partial charge in [-0.15, -0.1) is 0 Å². The van der Waals surface area contributed by atoms with E-state index in [1.165, 1.54) is 0 Å². The van der Waals surface area contributed by atoms with Crippen molar-refractivity contribution in [2.24, 2.45) is 5.73 Å². The fourth-order valence-electron chi connectivity index (χ4n) is 4.14. The van der Waals surface area contributed by atoms with Gasteiger partial charge in [0.15, 0.2) is 5.41 Å². The summed E-state index contributed by atoms with van der Waals surface area (Å²) < 4.78 is 0. The number of hydrogen-bond donors (Lipinski definition) is 3. The number of fused-ring (bicyclic) bond motifs is 5. The SMILES string of the molecule is N#CC1=C(N)N2C(=C(C#N)[C@@]13C(=O)Nc1ccccc13)Nc1ccccc12. The minimum Gasteiger partial charge on any atom is -0.384 e. The van der Waals surface area contributed by atoms with Gasteiger partial charge in [0.05, 0.1) is 22.5 Å². The van der Waals surface area contributed by atoms with Gasteiger partial charge in [-0.25, -0.2) is 0 Å². The molecule has 0 radical (unpaired) electrons. The number of carbonyl (C=O) groups excluding carboxylic acids is 1. The Hall–Kier alpha value is -4.23. The van der Waals surface area contributed by atoms with E-state index in [1.807, 2.05) is 24.3 Å². The van der Waals surface area contributed by atoms with Crippen LogP contribution in [0.15, 0.2) is 71.3 Å². The van der Waals surface area contributed by atoms with Gasteiger partial charge in [0.2, 0.25) is 5.91 Å². The van der Waals surface area contributed by atoms with Crippen LogP contribution >= 0.6 is 0 Å². The first-order valence-corrected chi connectivity index (χ1v) is 8.27. The lowest BCUT2D eigenvalue weighted by molar-refractivity contribution is -0.118. The molecule has 4 N–H and O–H groups in total. The average molecular weight is 352 g/mol. The standard InChI is InChI=1S/C20H12N6O/c21-9-12-17(23)26-16-8-4-3-7-15(16)24-18(26)13(10-22)20(12)11-5-1-2-6-14(11)25-19(20)27/h1-8,24H,23H2,(H,25,27)/t20-/m0/s1.